The number of nitrogens with zero attached hydrogens (tertiary/aromatic N) is 1. The van der Waals surface area contributed by atoms with Gasteiger partial charge in [-0.2, -0.15) is 5.10 Å². The molecule has 5 heteroatoms. The minimum atomic E-state index is -0.442. The first-order chi connectivity index (χ1) is 8.13. The molecule has 0 bridgehead atoms. The SMILES string of the molecule is CC.COC(=O)c1cc2c(C)[nH]nc2cc1Cl. The Balaban J connectivity index is 0.000000686. The molecule has 0 spiro atoms. The van der Waals surface area contributed by atoms with Gasteiger partial charge in [-0.25, -0.2) is 4.79 Å². The normalized spacial score (nSPS) is 9.71. The molecule has 0 atom stereocenters. The van der Waals surface area contributed by atoms with E-state index in [1.165, 1.54) is 7.11 Å². The molecule has 4 nitrogen and oxygen atoms in total. The van der Waals surface area contributed by atoms with Gasteiger partial charge in [-0.05, 0) is 19.1 Å². The Morgan fingerprint density at radius 1 is 1.41 bits per heavy atom. The zero-order chi connectivity index (χ0) is 13.0. The zero-order valence-corrected chi connectivity index (χ0v) is 11.1. The van der Waals surface area contributed by atoms with Gasteiger partial charge in [-0.1, -0.05) is 25.4 Å². The summed E-state index contributed by atoms with van der Waals surface area (Å²) in [6, 6.07) is 3.33. The first-order valence-corrected chi connectivity index (χ1v) is 5.74. The van der Waals surface area contributed by atoms with E-state index < -0.39 is 5.97 Å². The highest BCUT2D eigenvalue weighted by Gasteiger charge is 2.13. The third-order valence-electron chi connectivity index (χ3n) is 2.24. The summed E-state index contributed by atoms with van der Waals surface area (Å²) in [5, 5.41) is 8.09. The molecule has 0 aliphatic rings. The number of hydrogen-bond acceptors (Lipinski definition) is 3. The average Bonchev–Trinajstić information content (AvgIpc) is 2.71. The predicted molar refractivity (Wildman–Crippen MR) is 68.5 cm³/mol. The van der Waals surface area contributed by atoms with E-state index in [4.69, 9.17) is 11.6 Å². The van der Waals surface area contributed by atoms with Crippen molar-refractivity contribution in [2.45, 2.75) is 20.8 Å². The zero-order valence-electron chi connectivity index (χ0n) is 10.3. The van der Waals surface area contributed by atoms with Crippen molar-refractivity contribution in [3.63, 3.8) is 0 Å². The first-order valence-electron chi connectivity index (χ1n) is 5.36. The van der Waals surface area contributed by atoms with E-state index in [9.17, 15) is 4.79 Å². The van der Waals surface area contributed by atoms with Crippen LogP contribution in [0.1, 0.15) is 29.9 Å². The fourth-order valence-corrected chi connectivity index (χ4v) is 1.66. The van der Waals surface area contributed by atoms with Crippen molar-refractivity contribution in [3.8, 4) is 0 Å². The molecule has 0 saturated heterocycles. The molecule has 1 aromatic heterocycles. The number of aromatic amines is 1. The monoisotopic (exact) mass is 254 g/mol. The van der Waals surface area contributed by atoms with Crippen LogP contribution in [0.15, 0.2) is 12.1 Å². The second-order valence-electron chi connectivity index (χ2n) is 3.19. The van der Waals surface area contributed by atoms with Crippen LogP contribution < -0.4 is 0 Å². The largest absolute Gasteiger partial charge is 0.465 e. The molecule has 0 saturated carbocycles. The molecular formula is C12H15ClN2O2. The smallest absolute Gasteiger partial charge is 0.339 e. The summed E-state index contributed by atoms with van der Waals surface area (Å²) in [5.74, 6) is -0.442. The Labute approximate surface area is 105 Å². The predicted octanol–water partition coefficient (Wildman–Crippen LogP) is 3.34. The molecule has 1 heterocycles. The number of ether oxygens (including phenoxy) is 1. The Hall–Kier alpha value is -1.55. The van der Waals surface area contributed by atoms with Crippen LogP contribution in [0.4, 0.5) is 0 Å². The number of carbonyl (C=O) groups is 1. The van der Waals surface area contributed by atoms with Gasteiger partial charge in [0.25, 0.3) is 0 Å². The standard InChI is InChI=1S/C10H9ClN2O2.C2H6/c1-5-6-3-7(10(14)15-2)8(11)4-9(6)13-12-5;1-2/h3-4H,1-2H3,(H,12,13);1-2H3. The molecule has 2 aromatic rings. The highest BCUT2D eigenvalue weighted by Crippen LogP contribution is 2.24. The minimum Gasteiger partial charge on any atom is -0.465 e. The molecule has 0 amide bonds. The molecular weight excluding hydrogens is 240 g/mol. The summed E-state index contributed by atoms with van der Waals surface area (Å²) in [5.41, 5.74) is 1.99. The van der Waals surface area contributed by atoms with Crippen molar-refractivity contribution in [3.05, 3.63) is 28.4 Å². The van der Waals surface area contributed by atoms with Gasteiger partial charge in [0.15, 0.2) is 0 Å². The number of benzene rings is 1. The maximum absolute atomic E-state index is 11.4. The topological polar surface area (TPSA) is 55.0 Å². The number of fused-ring (bicyclic) bond motifs is 1. The summed E-state index contributed by atoms with van der Waals surface area (Å²) in [4.78, 5) is 11.4. The third kappa shape index (κ3) is 2.58. The van der Waals surface area contributed by atoms with Crippen molar-refractivity contribution >= 4 is 28.5 Å². The average molecular weight is 255 g/mol. The number of methoxy groups -OCH3 is 1. The molecule has 17 heavy (non-hydrogen) atoms. The van der Waals surface area contributed by atoms with Crippen molar-refractivity contribution in [2.24, 2.45) is 0 Å². The molecule has 0 fully saturated rings. The number of rotatable bonds is 1. The van der Waals surface area contributed by atoms with Crippen LogP contribution in [0, 0.1) is 6.92 Å². The van der Waals surface area contributed by atoms with Crippen molar-refractivity contribution in [1.82, 2.24) is 10.2 Å². The van der Waals surface area contributed by atoms with Gasteiger partial charge >= 0.3 is 5.97 Å². The molecule has 0 radical (unpaired) electrons. The van der Waals surface area contributed by atoms with Gasteiger partial charge in [-0.3, -0.25) is 5.10 Å². The molecule has 1 aromatic carbocycles. The fraction of sp³-hybridized carbons (Fsp3) is 0.333. The Morgan fingerprint density at radius 2 is 2.06 bits per heavy atom. The van der Waals surface area contributed by atoms with Gasteiger partial charge in [-0.15, -0.1) is 0 Å². The van der Waals surface area contributed by atoms with Crippen molar-refractivity contribution < 1.29 is 9.53 Å². The number of hydrogen-bond donors (Lipinski definition) is 1. The molecule has 0 unspecified atom stereocenters. The molecule has 1 N–H and O–H groups in total. The van der Waals surface area contributed by atoms with Crippen LogP contribution in [0.25, 0.3) is 10.9 Å². The van der Waals surface area contributed by atoms with Gasteiger partial charge in [0.1, 0.15) is 0 Å². The lowest BCUT2D eigenvalue weighted by molar-refractivity contribution is 0.0601. The second kappa shape index (κ2) is 5.68. The lowest BCUT2D eigenvalue weighted by atomic mass is 10.1. The minimum absolute atomic E-state index is 0.348. The van der Waals surface area contributed by atoms with Gasteiger partial charge in [0, 0.05) is 11.1 Å². The Kier molecular flexibility index (Phi) is 4.52. The second-order valence-corrected chi connectivity index (χ2v) is 3.60. The molecule has 0 aliphatic carbocycles. The number of aryl methyl sites for hydroxylation is 1. The fourth-order valence-electron chi connectivity index (χ4n) is 1.43. The number of carbonyl (C=O) groups excluding carboxylic acids is 1. The van der Waals surface area contributed by atoms with Gasteiger partial charge < -0.3 is 4.74 Å². The lowest BCUT2D eigenvalue weighted by Gasteiger charge is -2.01. The highest BCUT2D eigenvalue weighted by atomic mass is 35.5. The van der Waals surface area contributed by atoms with Crippen molar-refractivity contribution in [1.29, 1.82) is 0 Å². The van der Waals surface area contributed by atoms with Crippen LogP contribution in [0.5, 0.6) is 0 Å². The summed E-state index contributed by atoms with van der Waals surface area (Å²) < 4.78 is 4.63. The third-order valence-corrected chi connectivity index (χ3v) is 2.55. The number of aromatic nitrogens is 2. The Bertz CT molecular complexity index is 535. The quantitative estimate of drug-likeness (QED) is 0.794. The van der Waals surface area contributed by atoms with Crippen LogP contribution >= 0.6 is 11.6 Å². The summed E-state index contributed by atoms with van der Waals surface area (Å²) in [6.45, 7) is 5.88. The van der Waals surface area contributed by atoms with Crippen LogP contribution in [0.3, 0.4) is 0 Å². The van der Waals surface area contributed by atoms with Crippen LogP contribution in [-0.4, -0.2) is 23.3 Å². The van der Waals surface area contributed by atoms with Gasteiger partial charge in [0.05, 0.1) is 23.2 Å². The highest BCUT2D eigenvalue weighted by molar-refractivity contribution is 6.34. The number of halogens is 1. The van der Waals surface area contributed by atoms with Gasteiger partial charge in [0.2, 0.25) is 0 Å². The van der Waals surface area contributed by atoms with E-state index in [0.717, 1.165) is 16.6 Å². The summed E-state index contributed by atoms with van der Waals surface area (Å²) in [6.07, 6.45) is 0. The van der Waals surface area contributed by atoms with E-state index in [-0.39, 0.29) is 0 Å². The van der Waals surface area contributed by atoms with Crippen LogP contribution in [0.2, 0.25) is 5.02 Å². The molecule has 2 rings (SSSR count). The van der Waals surface area contributed by atoms with E-state index in [0.29, 0.717) is 10.6 Å². The number of nitrogens with one attached hydrogen (secondary N) is 1. The first kappa shape index (κ1) is 13.5. The van der Waals surface area contributed by atoms with E-state index in [1.807, 2.05) is 20.8 Å². The lowest BCUT2D eigenvalue weighted by Crippen LogP contribution is -2.01. The molecule has 92 valence electrons. The summed E-state index contributed by atoms with van der Waals surface area (Å²) in [7, 11) is 1.32. The molecule has 0 aliphatic heterocycles. The number of H-pyrrole nitrogens is 1. The van der Waals surface area contributed by atoms with E-state index >= 15 is 0 Å². The maximum Gasteiger partial charge on any atom is 0.339 e. The summed E-state index contributed by atoms with van der Waals surface area (Å²) >= 11 is 5.93. The Morgan fingerprint density at radius 3 is 2.65 bits per heavy atom. The van der Waals surface area contributed by atoms with Crippen LogP contribution in [-0.2, 0) is 4.74 Å². The number of esters is 1. The van der Waals surface area contributed by atoms with Crippen molar-refractivity contribution in [2.75, 3.05) is 7.11 Å². The van der Waals surface area contributed by atoms with E-state index in [2.05, 4.69) is 14.9 Å². The van der Waals surface area contributed by atoms with E-state index in [1.54, 1.807) is 12.1 Å². The maximum atomic E-state index is 11.4.